The van der Waals surface area contributed by atoms with Crippen LogP contribution >= 0.6 is 23.2 Å². The highest BCUT2D eigenvalue weighted by Gasteiger charge is 2.28. The van der Waals surface area contributed by atoms with Crippen LogP contribution in [0.1, 0.15) is 13.3 Å². The first kappa shape index (κ1) is 15.4. The Bertz CT molecular complexity index is 491. The molecule has 0 radical (unpaired) electrons. The molecule has 1 aliphatic rings. The van der Waals surface area contributed by atoms with E-state index in [-0.39, 0.29) is 0 Å². The van der Waals surface area contributed by atoms with Crippen molar-refractivity contribution >= 4 is 35.0 Å². The fourth-order valence-electron chi connectivity index (χ4n) is 2.47. The predicted molar refractivity (Wildman–Crippen MR) is 79.8 cm³/mol. The summed E-state index contributed by atoms with van der Waals surface area (Å²) in [6, 6.07) is 1.26. The number of anilines is 1. The molecule has 2 heterocycles. The van der Waals surface area contributed by atoms with Gasteiger partial charge in [0.25, 0.3) is 0 Å². The summed E-state index contributed by atoms with van der Waals surface area (Å²) in [4.78, 5) is 19.5. The van der Waals surface area contributed by atoms with Crippen molar-refractivity contribution in [3.8, 4) is 0 Å². The van der Waals surface area contributed by atoms with E-state index in [0.29, 0.717) is 48.5 Å². The fourth-order valence-corrected chi connectivity index (χ4v) is 2.97. The molecule has 20 heavy (non-hydrogen) atoms. The first-order valence-electron chi connectivity index (χ1n) is 6.55. The molecular formula is C13H17Cl2N3O2. The molecule has 1 fully saturated rings. The van der Waals surface area contributed by atoms with Crippen molar-refractivity contribution in [1.82, 2.24) is 9.88 Å². The number of aliphatic carboxylic acids is 1. The maximum absolute atomic E-state index is 11.2. The lowest BCUT2D eigenvalue weighted by Crippen LogP contribution is -2.52. The van der Waals surface area contributed by atoms with Crippen LogP contribution in [0, 0.1) is 0 Å². The average Bonchev–Trinajstić information content (AvgIpc) is 2.40. The first-order chi connectivity index (χ1) is 9.52. The van der Waals surface area contributed by atoms with Crippen LogP contribution in [-0.4, -0.2) is 53.2 Å². The van der Waals surface area contributed by atoms with Crippen LogP contribution < -0.4 is 4.90 Å². The molecule has 5 nitrogen and oxygen atoms in total. The molecule has 7 heteroatoms. The number of rotatable bonds is 4. The molecule has 110 valence electrons. The van der Waals surface area contributed by atoms with Gasteiger partial charge >= 0.3 is 5.97 Å². The van der Waals surface area contributed by atoms with Crippen LogP contribution in [-0.2, 0) is 4.79 Å². The molecule has 2 rings (SSSR count). The number of hydrogen-bond donors (Lipinski definition) is 1. The SMILES string of the molecule is CC[C@H](C(=O)O)N1CCN(c2ncc(Cl)cc2Cl)CC1. The zero-order valence-corrected chi connectivity index (χ0v) is 12.7. The van der Waals surface area contributed by atoms with E-state index in [9.17, 15) is 9.90 Å². The van der Waals surface area contributed by atoms with Crippen molar-refractivity contribution in [1.29, 1.82) is 0 Å². The lowest BCUT2D eigenvalue weighted by atomic mass is 10.1. The molecule has 1 aliphatic heterocycles. The third-order valence-corrected chi connectivity index (χ3v) is 4.00. The van der Waals surface area contributed by atoms with E-state index >= 15 is 0 Å². The smallest absolute Gasteiger partial charge is 0.320 e. The largest absolute Gasteiger partial charge is 0.480 e. The lowest BCUT2D eigenvalue weighted by molar-refractivity contribution is -0.143. The lowest BCUT2D eigenvalue weighted by Gasteiger charge is -2.38. The van der Waals surface area contributed by atoms with E-state index in [1.165, 1.54) is 0 Å². The van der Waals surface area contributed by atoms with Gasteiger partial charge in [-0.2, -0.15) is 0 Å². The van der Waals surface area contributed by atoms with Gasteiger partial charge in [-0.1, -0.05) is 30.1 Å². The van der Waals surface area contributed by atoms with Gasteiger partial charge in [0.1, 0.15) is 11.9 Å². The molecule has 0 saturated carbocycles. The third-order valence-electron chi connectivity index (χ3n) is 3.51. The highest BCUT2D eigenvalue weighted by Crippen LogP contribution is 2.27. The molecular weight excluding hydrogens is 301 g/mol. The second-order valence-corrected chi connectivity index (χ2v) is 5.59. The molecule has 0 spiro atoms. The van der Waals surface area contributed by atoms with Crippen LogP contribution in [0.3, 0.4) is 0 Å². The molecule has 1 atom stereocenters. The summed E-state index contributed by atoms with van der Waals surface area (Å²) in [6.45, 7) is 4.68. The average molecular weight is 318 g/mol. The van der Waals surface area contributed by atoms with Crippen LogP contribution in [0.25, 0.3) is 0 Å². The summed E-state index contributed by atoms with van der Waals surface area (Å²) in [5.74, 6) is -0.0531. The molecule has 0 bridgehead atoms. The van der Waals surface area contributed by atoms with Crippen molar-refractivity contribution in [2.75, 3.05) is 31.1 Å². The number of carboxylic acids is 1. The molecule has 1 N–H and O–H groups in total. The van der Waals surface area contributed by atoms with E-state index in [1.807, 2.05) is 11.8 Å². The van der Waals surface area contributed by atoms with E-state index in [2.05, 4.69) is 9.88 Å². The molecule has 1 aromatic rings. The van der Waals surface area contributed by atoms with Crippen LogP contribution in [0.4, 0.5) is 5.82 Å². The Hall–Kier alpha value is -1.04. The summed E-state index contributed by atoms with van der Waals surface area (Å²) in [7, 11) is 0. The minimum atomic E-state index is -0.761. The van der Waals surface area contributed by atoms with Gasteiger partial charge in [-0.3, -0.25) is 9.69 Å². The monoisotopic (exact) mass is 317 g/mol. The van der Waals surface area contributed by atoms with Gasteiger partial charge < -0.3 is 10.0 Å². The zero-order chi connectivity index (χ0) is 14.7. The number of hydrogen-bond acceptors (Lipinski definition) is 4. The summed E-state index contributed by atoms with van der Waals surface area (Å²) in [6.07, 6.45) is 2.18. The summed E-state index contributed by atoms with van der Waals surface area (Å²) < 4.78 is 0. The topological polar surface area (TPSA) is 56.7 Å². The van der Waals surface area contributed by atoms with Gasteiger partial charge in [-0.05, 0) is 12.5 Å². The van der Waals surface area contributed by atoms with E-state index < -0.39 is 12.0 Å². The second-order valence-electron chi connectivity index (χ2n) is 4.74. The minimum Gasteiger partial charge on any atom is -0.480 e. The maximum atomic E-state index is 11.2. The Morgan fingerprint density at radius 3 is 2.55 bits per heavy atom. The second kappa shape index (κ2) is 6.61. The van der Waals surface area contributed by atoms with Gasteiger partial charge in [-0.15, -0.1) is 0 Å². The number of carboxylic acid groups (broad SMARTS) is 1. The van der Waals surface area contributed by atoms with E-state index in [0.717, 1.165) is 0 Å². The number of nitrogens with zero attached hydrogens (tertiary/aromatic N) is 3. The van der Waals surface area contributed by atoms with Crippen molar-refractivity contribution < 1.29 is 9.90 Å². The van der Waals surface area contributed by atoms with E-state index in [4.69, 9.17) is 23.2 Å². The first-order valence-corrected chi connectivity index (χ1v) is 7.31. The molecule has 0 unspecified atom stereocenters. The maximum Gasteiger partial charge on any atom is 0.320 e. The Kier molecular flexibility index (Phi) is 5.07. The molecule has 0 aromatic carbocycles. The van der Waals surface area contributed by atoms with Crippen molar-refractivity contribution in [2.24, 2.45) is 0 Å². The van der Waals surface area contributed by atoms with Crippen molar-refractivity contribution in [3.63, 3.8) is 0 Å². The Balaban J connectivity index is 2.02. The Morgan fingerprint density at radius 2 is 2.05 bits per heavy atom. The predicted octanol–water partition coefficient (Wildman–Crippen LogP) is 2.37. The van der Waals surface area contributed by atoms with Gasteiger partial charge in [0.05, 0.1) is 10.0 Å². The number of carbonyl (C=O) groups is 1. The third kappa shape index (κ3) is 3.34. The highest BCUT2D eigenvalue weighted by atomic mass is 35.5. The normalized spacial score (nSPS) is 18.1. The molecule has 1 aromatic heterocycles. The summed E-state index contributed by atoms with van der Waals surface area (Å²) in [5.41, 5.74) is 0. The Morgan fingerprint density at radius 1 is 1.40 bits per heavy atom. The molecule has 0 amide bonds. The highest BCUT2D eigenvalue weighted by molar-refractivity contribution is 6.36. The number of aromatic nitrogens is 1. The van der Waals surface area contributed by atoms with E-state index in [1.54, 1.807) is 12.3 Å². The number of halogens is 2. The number of pyridine rings is 1. The zero-order valence-electron chi connectivity index (χ0n) is 11.2. The standard InChI is InChI=1S/C13H17Cl2N3O2/c1-2-11(13(19)20)17-3-5-18(6-4-17)12-10(15)7-9(14)8-16-12/h7-8,11H,2-6H2,1H3,(H,19,20)/t11-/m1/s1. The van der Waals surface area contributed by atoms with Crippen LogP contribution in [0.5, 0.6) is 0 Å². The van der Waals surface area contributed by atoms with Crippen molar-refractivity contribution in [3.05, 3.63) is 22.3 Å². The van der Waals surface area contributed by atoms with Crippen molar-refractivity contribution in [2.45, 2.75) is 19.4 Å². The molecule has 0 aliphatic carbocycles. The van der Waals surface area contributed by atoms with Gasteiger partial charge in [-0.25, -0.2) is 4.98 Å². The molecule has 1 saturated heterocycles. The summed E-state index contributed by atoms with van der Waals surface area (Å²) >= 11 is 12.0. The number of piperazine rings is 1. The Labute approximate surface area is 128 Å². The minimum absolute atomic E-state index is 0.411. The van der Waals surface area contributed by atoms with Crippen LogP contribution in [0.2, 0.25) is 10.0 Å². The fraction of sp³-hybridized carbons (Fsp3) is 0.538. The van der Waals surface area contributed by atoms with Gasteiger partial charge in [0.2, 0.25) is 0 Å². The van der Waals surface area contributed by atoms with Gasteiger partial charge in [0.15, 0.2) is 0 Å². The van der Waals surface area contributed by atoms with Crippen LogP contribution in [0.15, 0.2) is 12.3 Å². The summed E-state index contributed by atoms with van der Waals surface area (Å²) in [5, 5.41) is 10.2. The van der Waals surface area contributed by atoms with Gasteiger partial charge in [0, 0.05) is 32.4 Å². The quantitative estimate of drug-likeness (QED) is 0.924.